The minimum Gasteiger partial charge on any atom is -0.492 e. The lowest BCUT2D eigenvalue weighted by molar-refractivity contribution is 0.336. The highest BCUT2D eigenvalue weighted by atomic mass is 79.9. The van der Waals surface area contributed by atoms with E-state index in [0.29, 0.717) is 18.3 Å². The second-order valence-corrected chi connectivity index (χ2v) is 7.09. The molecule has 2 aromatic rings. The molecular formula is C14H12Br3ClN2O. The van der Waals surface area contributed by atoms with E-state index in [4.69, 9.17) is 16.3 Å². The van der Waals surface area contributed by atoms with Crippen LogP contribution in [0.3, 0.4) is 0 Å². The van der Waals surface area contributed by atoms with Crippen molar-refractivity contribution in [1.29, 1.82) is 0 Å². The van der Waals surface area contributed by atoms with Crippen molar-refractivity contribution in [3.63, 3.8) is 0 Å². The summed E-state index contributed by atoms with van der Waals surface area (Å²) < 4.78 is 8.18. The number of anilines is 1. The molecule has 21 heavy (non-hydrogen) atoms. The zero-order valence-electron chi connectivity index (χ0n) is 11.1. The summed E-state index contributed by atoms with van der Waals surface area (Å²) in [7, 11) is 0. The average Bonchev–Trinajstić information content (AvgIpc) is 2.44. The van der Waals surface area contributed by atoms with Gasteiger partial charge < -0.3 is 10.1 Å². The van der Waals surface area contributed by atoms with Crippen LogP contribution in [-0.2, 0) is 6.54 Å². The third kappa shape index (κ3) is 4.58. The van der Waals surface area contributed by atoms with E-state index >= 15 is 0 Å². The maximum atomic E-state index is 5.87. The third-order valence-corrected chi connectivity index (χ3v) is 4.95. The van der Waals surface area contributed by atoms with Crippen molar-refractivity contribution >= 4 is 65.1 Å². The number of nitrogens with zero attached hydrogens (tertiary/aromatic N) is 1. The van der Waals surface area contributed by atoms with Crippen LogP contribution in [0.5, 0.6) is 5.75 Å². The summed E-state index contributed by atoms with van der Waals surface area (Å²) in [5.41, 5.74) is 2.01. The Morgan fingerprint density at radius 1 is 1.14 bits per heavy atom. The van der Waals surface area contributed by atoms with Gasteiger partial charge in [-0.1, -0.05) is 11.6 Å². The SMILES string of the molecule is CCOc1c(Br)cc(CNc2cnc(Cl)c(Br)c2)cc1Br. The molecule has 0 atom stereocenters. The summed E-state index contributed by atoms with van der Waals surface area (Å²) in [4.78, 5) is 4.08. The van der Waals surface area contributed by atoms with Gasteiger partial charge in [-0.15, -0.1) is 0 Å². The van der Waals surface area contributed by atoms with E-state index < -0.39 is 0 Å². The molecule has 0 amide bonds. The van der Waals surface area contributed by atoms with Gasteiger partial charge in [-0.2, -0.15) is 0 Å². The summed E-state index contributed by atoms with van der Waals surface area (Å²) in [6, 6.07) is 5.95. The van der Waals surface area contributed by atoms with Crippen molar-refractivity contribution in [2.75, 3.05) is 11.9 Å². The predicted molar refractivity (Wildman–Crippen MR) is 97.3 cm³/mol. The van der Waals surface area contributed by atoms with E-state index in [-0.39, 0.29) is 0 Å². The molecule has 0 unspecified atom stereocenters. The minimum atomic E-state index is 0.451. The van der Waals surface area contributed by atoms with E-state index in [1.54, 1.807) is 6.20 Å². The molecule has 0 saturated carbocycles. The van der Waals surface area contributed by atoms with Crippen LogP contribution in [0.25, 0.3) is 0 Å². The Morgan fingerprint density at radius 2 is 1.81 bits per heavy atom. The molecule has 0 spiro atoms. The standard InChI is InChI=1S/C14H12Br3ClN2O/c1-2-21-13-10(15)3-8(4-11(13)16)6-19-9-5-12(17)14(18)20-7-9/h3-5,7,19H,2,6H2,1H3. The molecule has 112 valence electrons. The van der Waals surface area contributed by atoms with Crippen LogP contribution in [0.15, 0.2) is 37.8 Å². The van der Waals surface area contributed by atoms with Gasteiger partial charge in [0, 0.05) is 6.54 Å². The van der Waals surface area contributed by atoms with E-state index in [2.05, 4.69) is 58.1 Å². The molecule has 1 heterocycles. The number of nitrogens with one attached hydrogen (secondary N) is 1. The lowest BCUT2D eigenvalue weighted by Gasteiger charge is -2.12. The van der Waals surface area contributed by atoms with Gasteiger partial charge in [-0.3, -0.25) is 0 Å². The van der Waals surface area contributed by atoms with Crippen molar-refractivity contribution in [3.05, 3.63) is 48.5 Å². The molecule has 0 bridgehead atoms. The first-order valence-electron chi connectivity index (χ1n) is 6.17. The molecular weight excluding hydrogens is 487 g/mol. The Bertz CT molecular complexity index is 629. The largest absolute Gasteiger partial charge is 0.492 e. The molecule has 0 fully saturated rings. The maximum absolute atomic E-state index is 5.87. The van der Waals surface area contributed by atoms with Crippen molar-refractivity contribution in [2.24, 2.45) is 0 Å². The van der Waals surface area contributed by atoms with Gasteiger partial charge >= 0.3 is 0 Å². The fourth-order valence-corrected chi connectivity index (χ4v) is 3.68. The van der Waals surface area contributed by atoms with E-state index in [1.165, 1.54) is 0 Å². The van der Waals surface area contributed by atoms with Crippen LogP contribution in [-0.4, -0.2) is 11.6 Å². The minimum absolute atomic E-state index is 0.451. The van der Waals surface area contributed by atoms with Crippen molar-refractivity contribution < 1.29 is 4.74 Å². The molecule has 0 radical (unpaired) electrons. The number of ether oxygens (including phenoxy) is 1. The topological polar surface area (TPSA) is 34.1 Å². The molecule has 0 aliphatic rings. The Balaban J connectivity index is 2.11. The number of halogens is 4. The molecule has 1 N–H and O–H groups in total. The highest BCUT2D eigenvalue weighted by molar-refractivity contribution is 9.11. The molecule has 7 heteroatoms. The van der Waals surface area contributed by atoms with Gasteiger partial charge in [0.2, 0.25) is 0 Å². The first kappa shape index (κ1) is 17.1. The Hall–Kier alpha value is -0.300. The zero-order valence-corrected chi connectivity index (χ0v) is 16.6. The fraction of sp³-hybridized carbons (Fsp3) is 0.214. The third-order valence-electron chi connectivity index (χ3n) is 2.64. The lowest BCUT2D eigenvalue weighted by atomic mass is 10.2. The van der Waals surface area contributed by atoms with Crippen molar-refractivity contribution in [2.45, 2.75) is 13.5 Å². The van der Waals surface area contributed by atoms with E-state index in [0.717, 1.165) is 30.4 Å². The number of pyridine rings is 1. The second-order valence-electron chi connectivity index (χ2n) is 4.17. The Morgan fingerprint density at radius 3 is 2.38 bits per heavy atom. The smallest absolute Gasteiger partial charge is 0.147 e. The highest BCUT2D eigenvalue weighted by Crippen LogP contribution is 2.35. The van der Waals surface area contributed by atoms with Gasteiger partial charge in [-0.05, 0) is 78.5 Å². The van der Waals surface area contributed by atoms with Crippen molar-refractivity contribution in [3.8, 4) is 5.75 Å². The molecule has 0 aliphatic carbocycles. The average molecular weight is 499 g/mol. The Labute approximate surface area is 153 Å². The van der Waals surface area contributed by atoms with Crippen LogP contribution in [0, 0.1) is 0 Å². The molecule has 0 saturated heterocycles. The predicted octanol–water partition coefficient (Wildman–Crippen LogP) is 6.03. The number of hydrogen-bond acceptors (Lipinski definition) is 3. The summed E-state index contributed by atoms with van der Waals surface area (Å²) in [5.74, 6) is 0.817. The van der Waals surface area contributed by atoms with Crippen LogP contribution in [0.1, 0.15) is 12.5 Å². The second kappa shape index (κ2) is 7.81. The zero-order chi connectivity index (χ0) is 15.4. The normalized spacial score (nSPS) is 10.5. The lowest BCUT2D eigenvalue weighted by Crippen LogP contribution is -2.01. The van der Waals surface area contributed by atoms with Crippen LogP contribution < -0.4 is 10.1 Å². The quantitative estimate of drug-likeness (QED) is 0.510. The van der Waals surface area contributed by atoms with Gasteiger partial charge in [0.25, 0.3) is 0 Å². The molecule has 2 rings (SSSR count). The molecule has 0 aliphatic heterocycles. The van der Waals surface area contributed by atoms with Crippen LogP contribution in [0.4, 0.5) is 5.69 Å². The summed E-state index contributed by atoms with van der Waals surface area (Å²) in [6.07, 6.45) is 1.70. The maximum Gasteiger partial charge on any atom is 0.147 e. The fourth-order valence-electron chi connectivity index (χ4n) is 1.72. The van der Waals surface area contributed by atoms with E-state index in [9.17, 15) is 0 Å². The number of benzene rings is 1. The monoisotopic (exact) mass is 496 g/mol. The summed E-state index contributed by atoms with van der Waals surface area (Å²) >= 11 is 16.3. The highest BCUT2D eigenvalue weighted by Gasteiger charge is 2.09. The van der Waals surface area contributed by atoms with Gasteiger partial charge in [0.05, 0.1) is 31.9 Å². The number of aromatic nitrogens is 1. The number of rotatable bonds is 5. The van der Waals surface area contributed by atoms with Gasteiger partial charge in [0.1, 0.15) is 10.9 Å². The molecule has 1 aromatic carbocycles. The first-order chi connectivity index (χ1) is 10.0. The number of hydrogen-bond donors (Lipinski definition) is 1. The van der Waals surface area contributed by atoms with Crippen LogP contribution >= 0.6 is 59.4 Å². The Kier molecular flexibility index (Phi) is 6.34. The van der Waals surface area contributed by atoms with E-state index in [1.807, 2.05) is 25.1 Å². The summed E-state index contributed by atoms with van der Waals surface area (Å²) in [5, 5.41) is 3.75. The van der Waals surface area contributed by atoms with Crippen LogP contribution in [0.2, 0.25) is 5.15 Å². The van der Waals surface area contributed by atoms with Gasteiger partial charge in [0.15, 0.2) is 0 Å². The van der Waals surface area contributed by atoms with Crippen molar-refractivity contribution in [1.82, 2.24) is 4.98 Å². The molecule has 3 nitrogen and oxygen atoms in total. The molecule has 1 aromatic heterocycles. The first-order valence-corrected chi connectivity index (χ1v) is 8.92. The van der Waals surface area contributed by atoms with Gasteiger partial charge in [-0.25, -0.2) is 4.98 Å². The summed E-state index contributed by atoms with van der Waals surface area (Å²) in [6.45, 7) is 3.25.